The van der Waals surface area contributed by atoms with Crippen molar-refractivity contribution in [2.75, 3.05) is 18.9 Å². The van der Waals surface area contributed by atoms with Crippen molar-refractivity contribution in [1.82, 2.24) is 19.5 Å². The van der Waals surface area contributed by atoms with E-state index in [1.54, 1.807) is 0 Å². The molecule has 2 aliphatic rings. The molecule has 2 aliphatic heterocycles. The van der Waals surface area contributed by atoms with Gasteiger partial charge in [0.1, 0.15) is 18.1 Å². The van der Waals surface area contributed by atoms with Crippen LogP contribution in [0.4, 0.5) is 5.95 Å². The second-order valence-corrected chi connectivity index (χ2v) is 34.2. The third kappa shape index (κ3) is 8.24. The van der Waals surface area contributed by atoms with Gasteiger partial charge >= 0.3 is 7.12 Å². The second kappa shape index (κ2) is 13.0. The summed E-state index contributed by atoms with van der Waals surface area (Å²) in [5, 5.41) is 0.0842. The smallest absolute Gasteiger partial charge is 0.476 e. The van der Waals surface area contributed by atoms with Crippen molar-refractivity contribution >= 4 is 54.7 Å². The van der Waals surface area contributed by atoms with Crippen molar-refractivity contribution in [2.45, 2.75) is 167 Å². The number of imidazole rings is 1. The molecule has 4 heterocycles. The zero-order chi connectivity index (χ0) is 36.5. The number of rotatable bonds is 11. The fraction of sp³-hybridized carbons (Fsp3) is 0.848. The number of aromatic nitrogens is 4. The molecule has 0 radical (unpaired) electrons. The fourth-order valence-corrected chi connectivity index (χ4v) is 8.22. The van der Waals surface area contributed by atoms with Gasteiger partial charge in [0.15, 0.2) is 27.8 Å². The van der Waals surface area contributed by atoms with E-state index in [-0.39, 0.29) is 28.2 Å². The molecule has 0 bridgehead atoms. The van der Waals surface area contributed by atoms with Gasteiger partial charge < -0.3 is 33.4 Å². The van der Waals surface area contributed by atoms with E-state index in [1.807, 2.05) is 32.3 Å². The molecule has 0 saturated carbocycles. The van der Waals surface area contributed by atoms with Crippen molar-refractivity contribution in [3.63, 3.8) is 0 Å². The molecule has 11 nitrogen and oxygen atoms in total. The predicted octanol–water partition coefficient (Wildman–Crippen LogP) is 7.12. The van der Waals surface area contributed by atoms with Gasteiger partial charge in [-0.2, -0.15) is 9.97 Å². The van der Waals surface area contributed by atoms with Crippen molar-refractivity contribution in [3.8, 4) is 5.88 Å². The maximum absolute atomic E-state index is 7.11. The highest BCUT2D eigenvalue weighted by Gasteiger charge is 2.55. The summed E-state index contributed by atoms with van der Waals surface area (Å²) < 4.78 is 42.2. The average molecular weight is 722 g/mol. The summed E-state index contributed by atoms with van der Waals surface area (Å²) in [5.41, 5.74) is 6.77. The molecule has 2 aromatic rings. The van der Waals surface area contributed by atoms with E-state index in [4.69, 9.17) is 43.3 Å². The molecule has 2 N–H and O–H groups in total. The van der Waals surface area contributed by atoms with Crippen LogP contribution in [0.15, 0.2) is 0 Å². The van der Waals surface area contributed by atoms with Gasteiger partial charge in [-0.05, 0) is 70.0 Å². The molecule has 2 saturated heterocycles. The van der Waals surface area contributed by atoms with E-state index >= 15 is 0 Å². The zero-order valence-corrected chi connectivity index (χ0v) is 36.0. The number of ether oxygens (including phenoxy) is 2. The highest BCUT2D eigenvalue weighted by molar-refractivity contribution is 6.76. The standard InChI is InChI=1S/C33H64BN5O6Si3/c1-30(2,3)47(14,15)41-21-23-22(43-48(16,17)31(4,5)6)20-24(42-23)39-26-25(27(38-29(35)37-26)40-18-19-46(11,12)13)36-28(39)34-44-32(7,8)33(9,10)45-34/h22-24H,18-21H2,1-17H3,(H2,35,37,38)/t22-,23+,24+/m0/s1. The van der Waals surface area contributed by atoms with Gasteiger partial charge in [-0.15, -0.1) is 0 Å². The summed E-state index contributed by atoms with van der Waals surface area (Å²) in [6.07, 6.45) is -0.411. The number of nitrogens with two attached hydrogens (primary N) is 1. The van der Waals surface area contributed by atoms with Crippen molar-refractivity contribution in [2.24, 2.45) is 0 Å². The first-order valence-corrected chi connectivity index (χ1v) is 27.1. The lowest BCUT2D eigenvalue weighted by atomic mass is 9.88. The highest BCUT2D eigenvalue weighted by atomic mass is 28.4. The lowest BCUT2D eigenvalue weighted by Crippen LogP contribution is -2.48. The topological polar surface area (TPSA) is 125 Å². The summed E-state index contributed by atoms with van der Waals surface area (Å²) in [6.45, 7) is 38.7. The van der Waals surface area contributed by atoms with E-state index in [0.29, 0.717) is 42.4 Å². The summed E-state index contributed by atoms with van der Waals surface area (Å²) in [5.74, 6) is 0.467. The van der Waals surface area contributed by atoms with Crippen LogP contribution in [0.3, 0.4) is 0 Å². The van der Waals surface area contributed by atoms with Crippen molar-refractivity contribution in [3.05, 3.63) is 0 Å². The number of nitrogen functional groups attached to an aromatic ring is 1. The van der Waals surface area contributed by atoms with Crippen molar-refractivity contribution in [1.29, 1.82) is 0 Å². The van der Waals surface area contributed by atoms with Gasteiger partial charge in [0.2, 0.25) is 11.8 Å². The number of anilines is 1. The summed E-state index contributed by atoms with van der Waals surface area (Å²) in [4.78, 5) is 14.3. The van der Waals surface area contributed by atoms with Crippen LogP contribution < -0.4 is 16.2 Å². The Morgan fingerprint density at radius 1 is 0.875 bits per heavy atom. The minimum atomic E-state index is -2.18. The Bertz CT molecular complexity index is 1450. The number of hydrogen-bond acceptors (Lipinski definition) is 10. The molecular formula is C33H64BN5O6Si3. The predicted molar refractivity (Wildman–Crippen MR) is 203 cm³/mol. The summed E-state index contributed by atoms with van der Waals surface area (Å²) >= 11 is 0. The van der Waals surface area contributed by atoms with Gasteiger partial charge in [-0.25, -0.2) is 4.98 Å². The minimum absolute atomic E-state index is 0.0231. The van der Waals surface area contributed by atoms with E-state index in [2.05, 4.69) is 92.4 Å². The SMILES string of the molecule is CC1(C)OB(c2nc3c(OCC[Si](C)(C)C)nc(N)nc3n2[C@H]2C[C@H](O[Si](C)(C)C(C)(C)C)[C@@H](CO[Si](C)(C)C(C)(C)C)O2)OC1(C)C. The Labute approximate surface area is 293 Å². The Hall–Kier alpha value is -1.33. The minimum Gasteiger partial charge on any atom is -0.476 e. The molecule has 272 valence electrons. The first-order valence-electron chi connectivity index (χ1n) is 17.6. The summed E-state index contributed by atoms with van der Waals surface area (Å²) in [6, 6.07) is 0.970. The molecule has 0 aromatic carbocycles. The molecule has 15 heteroatoms. The molecule has 0 unspecified atom stereocenters. The number of nitrogens with zero attached hydrogens (tertiary/aromatic N) is 4. The monoisotopic (exact) mass is 721 g/mol. The van der Waals surface area contributed by atoms with Crippen LogP contribution in [0.1, 0.15) is 81.9 Å². The van der Waals surface area contributed by atoms with Gasteiger partial charge in [0, 0.05) is 14.5 Å². The molecule has 2 aromatic heterocycles. The first-order chi connectivity index (χ1) is 21.6. The van der Waals surface area contributed by atoms with Crippen molar-refractivity contribution < 1.29 is 27.6 Å². The van der Waals surface area contributed by atoms with Crippen LogP contribution in [-0.4, -0.2) is 88.0 Å². The van der Waals surface area contributed by atoms with Gasteiger partial charge in [0.05, 0.1) is 30.5 Å². The number of fused-ring (bicyclic) bond motifs is 1. The molecule has 2 fully saturated rings. The van der Waals surface area contributed by atoms with E-state index in [9.17, 15) is 0 Å². The maximum Gasteiger partial charge on any atom is 0.532 e. The van der Waals surface area contributed by atoms with Crippen LogP contribution in [0, 0.1) is 0 Å². The van der Waals surface area contributed by atoms with Gasteiger partial charge in [-0.1, -0.05) is 61.2 Å². The largest absolute Gasteiger partial charge is 0.532 e. The molecule has 0 aliphatic carbocycles. The van der Waals surface area contributed by atoms with Crippen LogP contribution in [-0.2, 0) is 22.9 Å². The fourth-order valence-electron chi connectivity index (χ4n) is 5.13. The third-order valence-corrected chi connectivity index (χ3v) is 22.0. The van der Waals surface area contributed by atoms with Gasteiger partial charge in [0.25, 0.3) is 0 Å². The Morgan fingerprint density at radius 3 is 1.96 bits per heavy atom. The first kappa shape index (κ1) is 39.5. The average Bonchev–Trinajstić information content (AvgIpc) is 3.51. The van der Waals surface area contributed by atoms with Crippen LogP contribution in [0.25, 0.3) is 11.2 Å². The molecule has 4 rings (SSSR count). The van der Waals surface area contributed by atoms with Crippen LogP contribution in [0.2, 0.25) is 61.9 Å². The Balaban J connectivity index is 1.82. The normalized spacial score (nSPS) is 23.8. The molecular weight excluding hydrogens is 657 g/mol. The molecule has 0 spiro atoms. The highest BCUT2D eigenvalue weighted by Crippen LogP contribution is 2.44. The zero-order valence-electron chi connectivity index (χ0n) is 33.0. The third-order valence-electron chi connectivity index (χ3n) is 11.2. The van der Waals surface area contributed by atoms with E-state index < -0.39 is 49.3 Å². The lowest BCUT2D eigenvalue weighted by molar-refractivity contribution is -0.0376. The van der Waals surface area contributed by atoms with Gasteiger partial charge in [-0.3, -0.25) is 4.57 Å². The van der Waals surface area contributed by atoms with Crippen LogP contribution >= 0.6 is 0 Å². The molecule has 48 heavy (non-hydrogen) atoms. The van der Waals surface area contributed by atoms with E-state index in [0.717, 1.165) is 6.04 Å². The summed E-state index contributed by atoms with van der Waals surface area (Å²) in [7, 11) is -6.38. The number of hydrogen-bond donors (Lipinski definition) is 1. The maximum atomic E-state index is 7.11. The molecule has 0 amide bonds. The Kier molecular flexibility index (Phi) is 10.7. The Morgan fingerprint density at radius 2 is 1.44 bits per heavy atom. The van der Waals surface area contributed by atoms with E-state index in [1.165, 1.54) is 0 Å². The van der Waals surface area contributed by atoms with Crippen LogP contribution in [0.5, 0.6) is 5.88 Å². The second-order valence-electron chi connectivity index (χ2n) is 19.0. The lowest BCUT2D eigenvalue weighted by Gasteiger charge is -2.40. The quantitative estimate of drug-likeness (QED) is 0.240. The molecule has 3 atom stereocenters.